The zero-order valence-electron chi connectivity index (χ0n) is 27.7. The topological polar surface area (TPSA) is 101 Å². The minimum absolute atomic E-state index is 0.0156. The molecule has 49 heavy (non-hydrogen) atoms. The van der Waals surface area contributed by atoms with Gasteiger partial charge in [0.25, 0.3) is 0 Å². The first-order valence-electron chi connectivity index (χ1n) is 16.8. The molecule has 1 amide bonds. The number of carbonyl (C=O) groups excluding carboxylic acids is 1. The summed E-state index contributed by atoms with van der Waals surface area (Å²) in [7, 11) is 0. The number of nitrogens with zero attached hydrogens (tertiary/aromatic N) is 5. The zero-order chi connectivity index (χ0) is 33.7. The quantitative estimate of drug-likeness (QED) is 0.116. The van der Waals surface area contributed by atoms with Crippen molar-refractivity contribution in [1.29, 1.82) is 0 Å². The van der Waals surface area contributed by atoms with E-state index in [0.29, 0.717) is 31.1 Å². The van der Waals surface area contributed by atoms with Crippen molar-refractivity contribution in [1.82, 2.24) is 35.5 Å². The zero-order valence-corrected chi connectivity index (χ0v) is 28.6. The van der Waals surface area contributed by atoms with E-state index in [0.717, 1.165) is 57.5 Å². The summed E-state index contributed by atoms with van der Waals surface area (Å²) >= 11 is 4.57. The fourth-order valence-electron chi connectivity index (χ4n) is 6.69. The van der Waals surface area contributed by atoms with Gasteiger partial charge >= 0.3 is 0 Å². The highest BCUT2D eigenvalue weighted by molar-refractivity contribution is 7.80. The van der Waals surface area contributed by atoms with E-state index in [-0.39, 0.29) is 11.8 Å². The Bertz CT molecular complexity index is 2220. The second kappa shape index (κ2) is 14.5. The number of carbonyl (C=O) groups is 1. The van der Waals surface area contributed by atoms with E-state index in [9.17, 15) is 4.79 Å². The van der Waals surface area contributed by atoms with Gasteiger partial charge in [-0.25, -0.2) is 4.98 Å². The third-order valence-electron chi connectivity index (χ3n) is 9.18. The summed E-state index contributed by atoms with van der Waals surface area (Å²) in [5.41, 5.74) is 9.66. The Morgan fingerprint density at radius 1 is 0.918 bits per heavy atom. The van der Waals surface area contributed by atoms with Gasteiger partial charge in [-0.15, -0.1) is 10.2 Å². The number of thiol groups is 1. The monoisotopic (exact) mass is 665 g/mol. The number of amides is 1. The molecule has 8 nitrogen and oxygen atoms in total. The number of nitrogens with one attached hydrogen (secondary N) is 2. The maximum absolute atomic E-state index is 13.5. The largest absolute Gasteiger partial charge is 0.352 e. The molecule has 9 heteroatoms. The van der Waals surface area contributed by atoms with Crippen LogP contribution in [-0.4, -0.2) is 41.8 Å². The molecule has 7 aromatic rings. The first-order chi connectivity index (χ1) is 24.0. The molecule has 0 saturated carbocycles. The van der Waals surface area contributed by atoms with Crippen LogP contribution < -0.4 is 5.32 Å². The fraction of sp³-hybridized carbons (Fsp3) is 0.225. The highest BCUT2D eigenvalue weighted by atomic mass is 32.1. The van der Waals surface area contributed by atoms with Crippen LogP contribution in [0.15, 0.2) is 103 Å². The van der Waals surface area contributed by atoms with Gasteiger partial charge in [-0.05, 0) is 75.2 Å². The maximum atomic E-state index is 13.5. The van der Waals surface area contributed by atoms with Crippen molar-refractivity contribution in [3.8, 4) is 22.5 Å². The first kappa shape index (κ1) is 32.3. The Labute approximate surface area is 291 Å². The van der Waals surface area contributed by atoms with Gasteiger partial charge in [-0.2, -0.15) is 17.8 Å². The predicted octanol–water partition coefficient (Wildman–Crippen LogP) is 7.75. The summed E-state index contributed by atoms with van der Waals surface area (Å²) in [6, 6.07) is 35.7. The molecule has 0 aliphatic carbocycles. The van der Waals surface area contributed by atoms with Crippen LogP contribution in [0, 0.1) is 12.8 Å². The average molecular weight is 666 g/mol. The molecule has 7 rings (SSSR count). The van der Waals surface area contributed by atoms with Crippen LogP contribution in [0.1, 0.15) is 41.4 Å². The fourth-order valence-corrected chi connectivity index (χ4v) is 6.99. The lowest BCUT2D eigenvalue weighted by Crippen LogP contribution is -2.32. The van der Waals surface area contributed by atoms with Gasteiger partial charge in [0.2, 0.25) is 11.7 Å². The van der Waals surface area contributed by atoms with Gasteiger partial charge in [-0.3, -0.25) is 4.79 Å². The van der Waals surface area contributed by atoms with Gasteiger partial charge in [0.05, 0.1) is 17.0 Å². The maximum Gasteiger partial charge on any atom is 0.224 e. The summed E-state index contributed by atoms with van der Waals surface area (Å²) in [5, 5.41) is 20.2. The molecule has 2 N–H and O–H groups in total. The number of H-pyrrole nitrogens is 1. The second-order valence-corrected chi connectivity index (χ2v) is 12.9. The number of rotatable bonds is 12. The highest BCUT2D eigenvalue weighted by Crippen LogP contribution is 2.31. The Morgan fingerprint density at radius 3 is 2.47 bits per heavy atom. The van der Waals surface area contributed by atoms with Crippen molar-refractivity contribution in [2.24, 2.45) is 5.92 Å². The number of aryl methyl sites for hydroxylation is 2. The summed E-state index contributed by atoms with van der Waals surface area (Å²) < 4.78 is 2.33. The first-order valence-corrected chi connectivity index (χ1v) is 17.4. The number of hydrogen-bond donors (Lipinski definition) is 3. The van der Waals surface area contributed by atoms with E-state index in [1.165, 1.54) is 21.9 Å². The summed E-state index contributed by atoms with van der Waals surface area (Å²) in [4.78, 5) is 18.6. The molecule has 0 bridgehead atoms. The number of imidazole rings is 1. The van der Waals surface area contributed by atoms with E-state index in [2.05, 4.69) is 130 Å². The molecule has 1 atom stereocenters. The van der Waals surface area contributed by atoms with E-state index in [1.54, 1.807) is 0 Å². The molecule has 0 saturated heterocycles. The van der Waals surface area contributed by atoms with Crippen molar-refractivity contribution in [3.63, 3.8) is 0 Å². The number of aromatic amines is 1. The lowest BCUT2D eigenvalue weighted by molar-refractivity contribution is -0.124. The van der Waals surface area contributed by atoms with Gasteiger partial charge in [0.1, 0.15) is 5.82 Å². The summed E-state index contributed by atoms with van der Waals surface area (Å²) in [5.74, 6) is 1.90. The average Bonchev–Trinajstić information content (AvgIpc) is 3.79. The normalized spacial score (nSPS) is 12.1. The Kier molecular flexibility index (Phi) is 9.52. The van der Waals surface area contributed by atoms with Crippen LogP contribution in [0.5, 0.6) is 0 Å². The molecule has 2 heterocycles. The third-order valence-corrected chi connectivity index (χ3v) is 9.62. The molecule has 2 aromatic heterocycles. The number of fused-ring (bicyclic) bond motifs is 2. The molecule has 0 aliphatic heterocycles. The number of benzene rings is 5. The van der Waals surface area contributed by atoms with E-state index >= 15 is 0 Å². The van der Waals surface area contributed by atoms with Crippen molar-refractivity contribution in [2.75, 3.05) is 5.75 Å². The number of aromatic nitrogens is 6. The van der Waals surface area contributed by atoms with Crippen LogP contribution in [0.4, 0.5) is 0 Å². The van der Waals surface area contributed by atoms with E-state index < -0.39 is 0 Å². The lowest BCUT2D eigenvalue weighted by atomic mass is 9.95. The molecular weight excluding hydrogens is 627 g/mol. The minimum Gasteiger partial charge on any atom is -0.352 e. The van der Waals surface area contributed by atoms with Gasteiger partial charge in [0, 0.05) is 30.8 Å². The second-order valence-electron chi connectivity index (χ2n) is 12.6. The van der Waals surface area contributed by atoms with Crippen LogP contribution in [0.25, 0.3) is 44.3 Å². The molecule has 0 aliphatic rings. The molecular formula is C40H39N7OS. The van der Waals surface area contributed by atoms with E-state index in [4.69, 9.17) is 4.98 Å². The number of hydrogen-bond acceptors (Lipinski definition) is 6. The van der Waals surface area contributed by atoms with E-state index in [1.807, 2.05) is 30.3 Å². The van der Waals surface area contributed by atoms with Crippen LogP contribution in [0.3, 0.4) is 0 Å². The SMILES string of the molecule is CCCc1nc2c(C)cc(CNC(=O)C(CS)Cc3cccc4ccccc34)cc2n1Cc1ccc(-c2ccccc2-c2nn[nH]n2)cc1. The van der Waals surface area contributed by atoms with Gasteiger partial charge < -0.3 is 9.88 Å². The highest BCUT2D eigenvalue weighted by Gasteiger charge is 2.20. The minimum atomic E-state index is -0.234. The smallest absolute Gasteiger partial charge is 0.224 e. The summed E-state index contributed by atoms with van der Waals surface area (Å²) in [6.07, 6.45) is 2.52. The van der Waals surface area contributed by atoms with Crippen LogP contribution >= 0.6 is 12.6 Å². The molecule has 0 fully saturated rings. The molecule has 246 valence electrons. The summed E-state index contributed by atoms with van der Waals surface area (Å²) in [6.45, 7) is 5.43. The molecule has 1 unspecified atom stereocenters. The van der Waals surface area contributed by atoms with Crippen molar-refractivity contribution < 1.29 is 4.79 Å². The number of tetrazole rings is 1. The van der Waals surface area contributed by atoms with Crippen molar-refractivity contribution in [2.45, 2.75) is 46.2 Å². The third kappa shape index (κ3) is 6.85. The van der Waals surface area contributed by atoms with Crippen molar-refractivity contribution >= 4 is 40.3 Å². The van der Waals surface area contributed by atoms with Crippen molar-refractivity contribution in [3.05, 3.63) is 131 Å². The Hall–Kier alpha value is -5.28. The Balaban J connectivity index is 1.11. The van der Waals surface area contributed by atoms with Gasteiger partial charge in [-0.1, -0.05) is 104 Å². The molecule has 0 spiro atoms. The predicted molar refractivity (Wildman–Crippen MR) is 199 cm³/mol. The molecule has 0 radical (unpaired) electrons. The standard InChI is InChI=1S/C40H39N7OS/c1-3-9-37-42-38-26(2)20-28(23-41-40(48)32(25-49)22-31-12-8-11-29-10-4-5-13-33(29)31)21-36(38)47(37)24-27-16-18-30(19-17-27)34-14-6-7-15-35(34)39-43-45-46-44-39/h4-8,10-21,32,49H,3,9,22-25H2,1-2H3,(H,41,48)(H,43,44,45,46). The Morgan fingerprint density at radius 2 is 1.69 bits per heavy atom. The van der Waals surface area contributed by atoms with Gasteiger partial charge in [0.15, 0.2) is 0 Å². The van der Waals surface area contributed by atoms with Crippen LogP contribution in [0.2, 0.25) is 0 Å². The lowest BCUT2D eigenvalue weighted by Gasteiger charge is -2.17. The molecule has 5 aromatic carbocycles. The van der Waals surface area contributed by atoms with Crippen LogP contribution in [-0.2, 0) is 30.7 Å².